The van der Waals surface area contributed by atoms with E-state index in [-0.39, 0.29) is 16.0 Å². The van der Waals surface area contributed by atoms with Crippen LogP contribution in [0.4, 0.5) is 9.59 Å². The fourth-order valence-electron chi connectivity index (χ4n) is 4.25. The SMILES string of the molecule is CC(C)(C)OC(=O)n1c(-c2cc(Cl)nc(Cl)n2)cc2ccccc21.CC(C)(C)OC(=O)n1c(B(O)O)cc2ccccc21. The Balaban J connectivity index is 0.000000203. The van der Waals surface area contributed by atoms with E-state index in [2.05, 4.69) is 9.97 Å². The Hall–Kier alpha value is -3.90. The minimum atomic E-state index is -1.74. The van der Waals surface area contributed by atoms with Crippen molar-refractivity contribution in [3.05, 3.63) is 77.2 Å². The van der Waals surface area contributed by atoms with Crippen molar-refractivity contribution >= 4 is 69.9 Å². The minimum absolute atomic E-state index is 0.0125. The maximum atomic E-state index is 12.7. The Labute approximate surface area is 258 Å². The zero-order valence-electron chi connectivity index (χ0n) is 24.5. The first-order valence-corrected chi connectivity index (χ1v) is 14.0. The van der Waals surface area contributed by atoms with E-state index < -0.39 is 30.5 Å². The average Bonchev–Trinajstić information content (AvgIpc) is 3.46. The fourth-order valence-corrected chi connectivity index (χ4v) is 4.65. The molecule has 2 N–H and O–H groups in total. The summed E-state index contributed by atoms with van der Waals surface area (Å²) in [6.45, 7) is 10.7. The highest BCUT2D eigenvalue weighted by Gasteiger charge is 2.27. The van der Waals surface area contributed by atoms with E-state index in [1.54, 1.807) is 51.1 Å². The van der Waals surface area contributed by atoms with Crippen LogP contribution in [0.25, 0.3) is 33.2 Å². The highest BCUT2D eigenvalue weighted by molar-refractivity contribution is 6.59. The summed E-state index contributed by atoms with van der Waals surface area (Å²) < 4.78 is 13.5. The molecule has 0 saturated carbocycles. The number of fused-ring (bicyclic) bond motifs is 2. The van der Waals surface area contributed by atoms with Gasteiger partial charge in [-0.05, 0) is 82.8 Å². The van der Waals surface area contributed by atoms with Crippen molar-refractivity contribution in [2.45, 2.75) is 52.7 Å². The van der Waals surface area contributed by atoms with Crippen LogP contribution in [0.15, 0.2) is 66.7 Å². The molecule has 10 nitrogen and oxygen atoms in total. The Bertz CT molecular complexity index is 1780. The molecule has 0 aliphatic carbocycles. The Morgan fingerprint density at radius 2 is 1.23 bits per heavy atom. The molecule has 2 aromatic carbocycles. The number of nitrogens with zero attached hydrogens (tertiary/aromatic N) is 4. The van der Waals surface area contributed by atoms with Crippen LogP contribution in [0.3, 0.4) is 0 Å². The van der Waals surface area contributed by atoms with Gasteiger partial charge in [-0.1, -0.05) is 48.0 Å². The summed E-state index contributed by atoms with van der Waals surface area (Å²) in [6.07, 6.45) is -1.12. The van der Waals surface area contributed by atoms with Gasteiger partial charge in [0, 0.05) is 11.5 Å². The Kier molecular flexibility index (Phi) is 9.22. The minimum Gasteiger partial charge on any atom is -0.443 e. The van der Waals surface area contributed by atoms with E-state index in [1.807, 2.05) is 57.2 Å². The summed E-state index contributed by atoms with van der Waals surface area (Å²) in [6, 6.07) is 19.6. The first-order valence-electron chi connectivity index (χ1n) is 13.3. The second kappa shape index (κ2) is 12.4. The molecule has 0 atom stereocenters. The molecule has 0 radical (unpaired) electrons. The van der Waals surface area contributed by atoms with Crippen molar-refractivity contribution in [1.82, 2.24) is 19.1 Å². The normalized spacial score (nSPS) is 11.7. The molecule has 5 rings (SSSR count). The van der Waals surface area contributed by atoms with Crippen molar-refractivity contribution < 1.29 is 29.1 Å². The number of aromatic nitrogens is 4. The Morgan fingerprint density at radius 1 is 0.744 bits per heavy atom. The van der Waals surface area contributed by atoms with Crippen LogP contribution in [0.2, 0.25) is 10.4 Å². The summed E-state index contributed by atoms with van der Waals surface area (Å²) in [4.78, 5) is 32.9. The molecule has 0 aliphatic heterocycles. The maximum Gasteiger partial charge on any atom is 0.506 e. The van der Waals surface area contributed by atoms with E-state index in [0.717, 1.165) is 10.8 Å². The lowest BCUT2D eigenvalue weighted by Gasteiger charge is -2.21. The highest BCUT2D eigenvalue weighted by Crippen LogP contribution is 2.30. The van der Waals surface area contributed by atoms with Gasteiger partial charge in [0.25, 0.3) is 0 Å². The predicted octanol–water partition coefficient (Wildman–Crippen LogP) is 6.29. The van der Waals surface area contributed by atoms with Crippen molar-refractivity contribution in [3.63, 3.8) is 0 Å². The number of hydrogen-bond acceptors (Lipinski definition) is 8. The number of hydrogen-bond donors (Lipinski definition) is 2. The van der Waals surface area contributed by atoms with Gasteiger partial charge in [-0.15, -0.1) is 0 Å². The van der Waals surface area contributed by atoms with Crippen LogP contribution >= 0.6 is 23.2 Å². The molecule has 0 unspecified atom stereocenters. The summed E-state index contributed by atoms with van der Waals surface area (Å²) in [5.41, 5.74) is 1.10. The molecule has 224 valence electrons. The topological polar surface area (TPSA) is 129 Å². The Morgan fingerprint density at radius 3 is 1.74 bits per heavy atom. The molecule has 5 aromatic rings. The molecule has 0 aliphatic rings. The third kappa shape index (κ3) is 7.74. The van der Waals surface area contributed by atoms with Gasteiger partial charge in [0.05, 0.1) is 28.0 Å². The lowest BCUT2D eigenvalue weighted by Crippen LogP contribution is -2.40. The number of carbonyl (C=O) groups is 2. The van der Waals surface area contributed by atoms with Gasteiger partial charge >= 0.3 is 19.3 Å². The van der Waals surface area contributed by atoms with Gasteiger partial charge < -0.3 is 19.5 Å². The van der Waals surface area contributed by atoms with Crippen molar-refractivity contribution in [2.24, 2.45) is 0 Å². The van der Waals surface area contributed by atoms with Crippen LogP contribution in [0, 0.1) is 0 Å². The highest BCUT2D eigenvalue weighted by atomic mass is 35.5. The number of para-hydroxylation sites is 2. The summed E-state index contributed by atoms with van der Waals surface area (Å²) in [5.74, 6) is 0. The molecule has 3 aromatic heterocycles. The largest absolute Gasteiger partial charge is 0.506 e. The second-order valence-electron chi connectivity index (χ2n) is 11.6. The third-order valence-electron chi connectivity index (χ3n) is 5.80. The van der Waals surface area contributed by atoms with Gasteiger partial charge in [-0.2, -0.15) is 0 Å². The van der Waals surface area contributed by atoms with Crippen LogP contribution in [0.1, 0.15) is 41.5 Å². The molecule has 43 heavy (non-hydrogen) atoms. The summed E-state index contributed by atoms with van der Waals surface area (Å²) >= 11 is 11.9. The monoisotopic (exact) mass is 624 g/mol. The van der Waals surface area contributed by atoms with Gasteiger partial charge in [-0.25, -0.2) is 24.1 Å². The predicted molar refractivity (Wildman–Crippen MR) is 168 cm³/mol. The number of carbonyl (C=O) groups excluding carboxylic acids is 2. The molecule has 0 saturated heterocycles. The lowest BCUT2D eigenvalue weighted by atomic mass is 9.86. The maximum absolute atomic E-state index is 12.7. The molecular weight excluding hydrogens is 594 g/mol. The summed E-state index contributed by atoms with van der Waals surface area (Å²) in [5, 5.41) is 20.6. The summed E-state index contributed by atoms with van der Waals surface area (Å²) in [7, 11) is -1.74. The smallest absolute Gasteiger partial charge is 0.443 e. The first kappa shape index (κ1) is 32.0. The van der Waals surface area contributed by atoms with Gasteiger partial charge in [0.2, 0.25) is 5.28 Å². The molecule has 0 spiro atoms. The number of benzene rings is 2. The number of halogens is 2. The van der Waals surface area contributed by atoms with Crippen LogP contribution in [-0.2, 0) is 9.47 Å². The molecule has 3 heterocycles. The lowest BCUT2D eigenvalue weighted by molar-refractivity contribution is 0.0536. The molecule has 0 fully saturated rings. The van der Waals surface area contributed by atoms with Gasteiger partial charge in [-0.3, -0.25) is 4.57 Å². The van der Waals surface area contributed by atoms with E-state index in [0.29, 0.717) is 22.4 Å². The van der Waals surface area contributed by atoms with Crippen LogP contribution in [0.5, 0.6) is 0 Å². The molecule has 13 heteroatoms. The number of ether oxygens (including phenoxy) is 2. The zero-order chi connectivity index (χ0) is 31.7. The quantitative estimate of drug-likeness (QED) is 0.133. The zero-order valence-corrected chi connectivity index (χ0v) is 26.0. The van der Waals surface area contributed by atoms with Crippen LogP contribution in [-0.4, -0.2) is 59.7 Å². The van der Waals surface area contributed by atoms with Gasteiger partial charge in [0.1, 0.15) is 16.4 Å². The van der Waals surface area contributed by atoms with Gasteiger partial charge in [0.15, 0.2) is 0 Å². The van der Waals surface area contributed by atoms with Crippen molar-refractivity contribution in [2.75, 3.05) is 0 Å². The molecule has 0 bridgehead atoms. The van der Waals surface area contributed by atoms with Crippen molar-refractivity contribution in [1.29, 1.82) is 0 Å². The van der Waals surface area contributed by atoms with E-state index in [1.165, 1.54) is 9.13 Å². The fraction of sp³-hybridized carbons (Fsp3) is 0.267. The van der Waals surface area contributed by atoms with Crippen LogP contribution < -0.4 is 5.59 Å². The average molecular weight is 625 g/mol. The molecular formula is C30H31BCl2N4O6. The second-order valence-corrected chi connectivity index (χ2v) is 12.3. The first-order chi connectivity index (χ1) is 20.0. The standard InChI is InChI=1S/C17H15Cl2N3O2.C13H16BNO4/c1-17(2,3)24-16(23)22-12-7-5-4-6-10(12)8-13(22)11-9-14(18)21-15(19)20-11;1-13(2,3)19-12(16)15-10-7-5-4-6-9(10)8-11(15)14(17)18/h4-9H,1-3H3;4-8,17-18H,1-3H3. The van der Waals surface area contributed by atoms with E-state index in [4.69, 9.17) is 32.7 Å². The molecule has 0 amide bonds. The van der Waals surface area contributed by atoms with Crippen molar-refractivity contribution in [3.8, 4) is 11.4 Å². The van der Waals surface area contributed by atoms with E-state index >= 15 is 0 Å². The van der Waals surface area contributed by atoms with E-state index in [9.17, 15) is 19.6 Å². The third-order valence-corrected chi connectivity index (χ3v) is 6.16. The number of rotatable bonds is 2.